The van der Waals surface area contributed by atoms with Gasteiger partial charge in [-0.25, -0.2) is 10.1 Å². The van der Waals surface area contributed by atoms with Crippen LogP contribution in [0.5, 0.6) is 0 Å². The van der Waals surface area contributed by atoms with Gasteiger partial charge in [0.2, 0.25) is 0 Å². The fourth-order valence-electron chi connectivity index (χ4n) is 2.31. The highest BCUT2D eigenvalue weighted by molar-refractivity contribution is 5.89. The van der Waals surface area contributed by atoms with E-state index in [4.69, 9.17) is 11.8 Å². The van der Waals surface area contributed by atoms with E-state index >= 15 is 0 Å². The molecule has 22 heavy (non-hydrogen) atoms. The summed E-state index contributed by atoms with van der Waals surface area (Å²) in [5.41, 5.74) is 2.98. The maximum atomic E-state index is 8.99. The number of rotatable bonds is 3. The summed E-state index contributed by atoms with van der Waals surface area (Å²) in [7, 11) is 2.09. The molecule has 0 aromatic heterocycles. The molecule has 0 aliphatic heterocycles. The molecule has 0 saturated heterocycles. The average molecular weight is 289 g/mol. The molecule has 2 aromatic carbocycles. The van der Waals surface area contributed by atoms with Gasteiger partial charge in [0, 0.05) is 18.8 Å². The van der Waals surface area contributed by atoms with Gasteiger partial charge >= 0.3 is 0 Å². The van der Waals surface area contributed by atoms with E-state index < -0.39 is 0 Å². The van der Waals surface area contributed by atoms with Crippen molar-refractivity contribution >= 4 is 22.0 Å². The fraction of sp³-hybridized carbons (Fsp3) is 0.263. The molecule has 3 nitrogen and oxygen atoms in total. The monoisotopic (exact) mass is 289 g/mol. The van der Waals surface area contributed by atoms with Crippen molar-refractivity contribution in [1.82, 2.24) is 0 Å². The van der Waals surface area contributed by atoms with Crippen LogP contribution in [0.3, 0.4) is 0 Å². The molecule has 0 saturated carbocycles. The summed E-state index contributed by atoms with van der Waals surface area (Å²) in [4.78, 5) is 5.51. The molecule has 2 aromatic rings. The number of anilines is 1. The maximum Gasteiger partial charge on any atom is 0.265 e. The lowest BCUT2D eigenvalue weighted by Crippen LogP contribution is -2.25. The van der Waals surface area contributed by atoms with Crippen LogP contribution in [0.4, 0.5) is 5.69 Å². The standard InChI is InChI=1S/C19H19N3/c1-13(2)22(5)18-9-8-16-10-15(6-7-17(16)11-18)14(3)19(12-20)21-4/h6-11,13H,1-3,5H3/b19-14+. The number of fused-ring (bicyclic) bond motifs is 1. The molecule has 0 unspecified atom stereocenters. The van der Waals surface area contributed by atoms with Crippen LogP contribution in [-0.4, -0.2) is 13.1 Å². The van der Waals surface area contributed by atoms with Gasteiger partial charge in [-0.05, 0) is 60.9 Å². The fourth-order valence-corrected chi connectivity index (χ4v) is 2.31. The van der Waals surface area contributed by atoms with Crippen molar-refractivity contribution in [3.05, 3.63) is 59.1 Å². The number of hydrogen-bond acceptors (Lipinski definition) is 2. The van der Waals surface area contributed by atoms with Gasteiger partial charge in [0.1, 0.15) is 0 Å². The minimum absolute atomic E-state index is 0.149. The van der Waals surface area contributed by atoms with Gasteiger partial charge in [0.15, 0.2) is 0 Å². The molecule has 0 aliphatic rings. The molecule has 110 valence electrons. The van der Waals surface area contributed by atoms with Crippen LogP contribution >= 0.6 is 0 Å². The third-order valence-electron chi connectivity index (χ3n) is 4.01. The van der Waals surface area contributed by atoms with Gasteiger partial charge < -0.3 is 4.90 Å². The highest BCUT2D eigenvalue weighted by Crippen LogP contribution is 2.27. The van der Waals surface area contributed by atoms with E-state index in [2.05, 4.69) is 48.8 Å². The molecule has 0 atom stereocenters. The Balaban J connectivity index is 2.51. The summed E-state index contributed by atoms with van der Waals surface area (Å²) < 4.78 is 0. The molecular weight excluding hydrogens is 270 g/mol. The zero-order valence-electron chi connectivity index (χ0n) is 13.4. The summed E-state index contributed by atoms with van der Waals surface area (Å²) in [5, 5.41) is 11.3. The topological polar surface area (TPSA) is 31.4 Å². The van der Waals surface area contributed by atoms with Gasteiger partial charge in [-0.15, -0.1) is 0 Å². The molecule has 0 spiro atoms. The van der Waals surface area contributed by atoms with Crippen molar-refractivity contribution in [3.63, 3.8) is 0 Å². The minimum atomic E-state index is 0.149. The van der Waals surface area contributed by atoms with Crippen LogP contribution in [0.25, 0.3) is 21.2 Å². The Hall–Kier alpha value is -2.78. The van der Waals surface area contributed by atoms with Crippen LogP contribution < -0.4 is 4.90 Å². The van der Waals surface area contributed by atoms with Crippen molar-refractivity contribution in [2.24, 2.45) is 0 Å². The second-order valence-corrected chi connectivity index (χ2v) is 5.65. The van der Waals surface area contributed by atoms with Crippen molar-refractivity contribution < 1.29 is 0 Å². The zero-order chi connectivity index (χ0) is 16.3. The van der Waals surface area contributed by atoms with Crippen LogP contribution in [0.15, 0.2) is 42.1 Å². The normalized spacial score (nSPS) is 11.8. The molecule has 0 amide bonds. The Labute approximate surface area is 131 Å². The zero-order valence-corrected chi connectivity index (χ0v) is 13.4. The van der Waals surface area contributed by atoms with E-state index in [0.29, 0.717) is 6.04 Å². The predicted octanol–water partition coefficient (Wildman–Crippen LogP) is 4.86. The third kappa shape index (κ3) is 2.95. The van der Waals surface area contributed by atoms with E-state index in [0.717, 1.165) is 21.9 Å². The molecule has 0 heterocycles. The average Bonchev–Trinajstić information content (AvgIpc) is 2.54. The molecular formula is C19H19N3. The molecule has 0 bridgehead atoms. The van der Waals surface area contributed by atoms with Crippen LogP contribution in [0.2, 0.25) is 0 Å². The Morgan fingerprint density at radius 2 is 1.82 bits per heavy atom. The number of nitriles is 1. The largest absolute Gasteiger partial charge is 0.372 e. The Kier molecular flexibility index (Phi) is 4.49. The Morgan fingerprint density at radius 3 is 2.41 bits per heavy atom. The van der Waals surface area contributed by atoms with E-state index in [9.17, 15) is 0 Å². The second-order valence-electron chi connectivity index (χ2n) is 5.65. The first kappa shape index (κ1) is 15.6. The maximum absolute atomic E-state index is 8.99. The number of allylic oxidation sites excluding steroid dienone is 2. The minimum Gasteiger partial charge on any atom is -0.372 e. The number of benzene rings is 2. The summed E-state index contributed by atoms with van der Waals surface area (Å²) >= 11 is 0. The third-order valence-corrected chi connectivity index (χ3v) is 4.01. The van der Waals surface area contributed by atoms with Crippen molar-refractivity contribution in [3.8, 4) is 6.07 Å². The van der Waals surface area contributed by atoms with Gasteiger partial charge in [-0.2, -0.15) is 0 Å². The molecule has 0 aliphatic carbocycles. The van der Waals surface area contributed by atoms with Gasteiger partial charge in [-0.3, -0.25) is 0 Å². The lowest BCUT2D eigenvalue weighted by Gasteiger charge is -2.24. The molecule has 2 rings (SSSR count). The summed E-state index contributed by atoms with van der Waals surface area (Å²) in [6, 6.07) is 14.8. The van der Waals surface area contributed by atoms with E-state index in [-0.39, 0.29) is 5.70 Å². The summed E-state index contributed by atoms with van der Waals surface area (Å²) in [6.45, 7) is 13.2. The first-order valence-electron chi connectivity index (χ1n) is 7.23. The molecule has 0 fully saturated rings. The lowest BCUT2D eigenvalue weighted by atomic mass is 10.0. The first-order chi connectivity index (χ1) is 10.5. The number of hydrogen-bond donors (Lipinski definition) is 0. The van der Waals surface area contributed by atoms with E-state index in [1.807, 2.05) is 31.2 Å². The van der Waals surface area contributed by atoms with Gasteiger partial charge in [0.25, 0.3) is 5.70 Å². The molecule has 3 heteroatoms. The Morgan fingerprint density at radius 1 is 1.18 bits per heavy atom. The van der Waals surface area contributed by atoms with Crippen molar-refractivity contribution in [2.75, 3.05) is 11.9 Å². The van der Waals surface area contributed by atoms with Crippen molar-refractivity contribution in [1.29, 1.82) is 5.26 Å². The predicted molar refractivity (Wildman–Crippen MR) is 92.3 cm³/mol. The quantitative estimate of drug-likeness (QED) is 0.597. The highest BCUT2D eigenvalue weighted by Gasteiger charge is 2.08. The van der Waals surface area contributed by atoms with Crippen LogP contribution in [0.1, 0.15) is 26.3 Å². The second kappa shape index (κ2) is 6.33. The SMILES string of the molecule is [C-]#[N+]/C(C#N)=C(\C)c1ccc2cc(N(C)C(C)C)ccc2c1. The van der Waals surface area contributed by atoms with Crippen molar-refractivity contribution in [2.45, 2.75) is 26.8 Å². The van der Waals surface area contributed by atoms with Crippen LogP contribution in [-0.2, 0) is 0 Å². The highest BCUT2D eigenvalue weighted by atomic mass is 15.1. The van der Waals surface area contributed by atoms with Gasteiger partial charge in [-0.1, -0.05) is 18.2 Å². The lowest BCUT2D eigenvalue weighted by molar-refractivity contribution is 0.755. The summed E-state index contributed by atoms with van der Waals surface area (Å²) in [5.74, 6) is 0. The van der Waals surface area contributed by atoms with Crippen LogP contribution in [0, 0.1) is 17.9 Å². The first-order valence-corrected chi connectivity index (χ1v) is 7.23. The van der Waals surface area contributed by atoms with E-state index in [1.54, 1.807) is 0 Å². The number of nitrogens with zero attached hydrogens (tertiary/aromatic N) is 3. The van der Waals surface area contributed by atoms with E-state index in [1.165, 1.54) is 5.69 Å². The smallest absolute Gasteiger partial charge is 0.265 e. The molecule has 0 radical (unpaired) electrons. The van der Waals surface area contributed by atoms with Gasteiger partial charge in [0.05, 0.1) is 12.6 Å². The molecule has 0 N–H and O–H groups in total. The Bertz CT molecular complexity index is 801. The summed E-state index contributed by atoms with van der Waals surface area (Å²) in [6.07, 6.45) is 0.